The van der Waals surface area contributed by atoms with Crippen molar-refractivity contribution in [1.29, 1.82) is 0 Å². The molecular weight excluding hydrogens is 303 g/mol. The lowest BCUT2D eigenvalue weighted by atomic mass is 9.99. The van der Waals surface area contributed by atoms with Crippen LogP contribution in [-0.2, 0) is 13.0 Å². The Kier molecular flexibility index (Phi) is 4.02. The van der Waals surface area contributed by atoms with Crippen molar-refractivity contribution < 1.29 is 22.0 Å². The SMILES string of the molecule is CC(c1ccc(-c2nc(C(C)(F)F)cn2C)cc1)C(F)(F)F. The highest BCUT2D eigenvalue weighted by molar-refractivity contribution is 5.57. The zero-order valence-electron chi connectivity index (χ0n) is 12.2. The summed E-state index contributed by atoms with van der Waals surface area (Å²) >= 11 is 0. The molecule has 0 aliphatic heterocycles. The molecular formula is C15H15F5N2. The van der Waals surface area contributed by atoms with E-state index >= 15 is 0 Å². The number of aromatic nitrogens is 2. The molecule has 2 aromatic rings. The number of rotatable bonds is 3. The van der Waals surface area contributed by atoms with Crippen molar-refractivity contribution in [2.24, 2.45) is 7.05 Å². The highest BCUT2D eigenvalue weighted by atomic mass is 19.4. The van der Waals surface area contributed by atoms with Gasteiger partial charge in [-0.05, 0) is 12.5 Å². The average molecular weight is 318 g/mol. The van der Waals surface area contributed by atoms with Gasteiger partial charge in [-0.2, -0.15) is 22.0 Å². The highest BCUT2D eigenvalue weighted by Crippen LogP contribution is 2.35. The molecule has 1 aromatic heterocycles. The number of hydrogen-bond acceptors (Lipinski definition) is 1. The number of aryl methyl sites for hydroxylation is 1. The molecule has 1 aromatic carbocycles. The first kappa shape index (κ1) is 16.5. The Hall–Kier alpha value is -1.92. The van der Waals surface area contributed by atoms with Crippen LogP contribution < -0.4 is 0 Å². The van der Waals surface area contributed by atoms with Gasteiger partial charge in [0.15, 0.2) is 0 Å². The van der Waals surface area contributed by atoms with E-state index in [9.17, 15) is 22.0 Å². The lowest BCUT2D eigenvalue weighted by Crippen LogP contribution is -2.17. The number of nitrogens with zero attached hydrogens (tertiary/aromatic N) is 2. The third-order valence-electron chi connectivity index (χ3n) is 3.49. The van der Waals surface area contributed by atoms with Gasteiger partial charge in [0.25, 0.3) is 5.92 Å². The molecule has 0 aliphatic carbocycles. The van der Waals surface area contributed by atoms with Crippen molar-refractivity contribution in [3.8, 4) is 11.4 Å². The maximum Gasteiger partial charge on any atom is 0.395 e. The predicted octanol–water partition coefficient (Wildman–Crippen LogP) is 4.86. The summed E-state index contributed by atoms with van der Waals surface area (Å²) in [5.74, 6) is -4.37. The maximum atomic E-state index is 13.3. The molecule has 7 heteroatoms. The Morgan fingerprint density at radius 3 is 2.00 bits per heavy atom. The van der Waals surface area contributed by atoms with Crippen LogP contribution in [0.3, 0.4) is 0 Å². The molecule has 2 nitrogen and oxygen atoms in total. The number of hydrogen-bond donors (Lipinski definition) is 0. The van der Waals surface area contributed by atoms with Crippen molar-refractivity contribution in [2.45, 2.75) is 31.9 Å². The first-order valence-corrected chi connectivity index (χ1v) is 6.59. The van der Waals surface area contributed by atoms with Crippen molar-refractivity contribution >= 4 is 0 Å². The molecule has 1 unspecified atom stereocenters. The lowest BCUT2D eigenvalue weighted by Gasteiger charge is -2.16. The van der Waals surface area contributed by atoms with Crippen LogP contribution in [0.1, 0.15) is 31.0 Å². The van der Waals surface area contributed by atoms with Gasteiger partial charge < -0.3 is 4.57 Å². The summed E-state index contributed by atoms with van der Waals surface area (Å²) in [6.45, 7) is 1.82. The molecule has 1 heterocycles. The molecule has 1 atom stereocenters. The van der Waals surface area contributed by atoms with Gasteiger partial charge >= 0.3 is 6.18 Å². The monoisotopic (exact) mass is 318 g/mol. The van der Waals surface area contributed by atoms with Crippen LogP contribution in [0.4, 0.5) is 22.0 Å². The van der Waals surface area contributed by atoms with Crippen LogP contribution >= 0.6 is 0 Å². The van der Waals surface area contributed by atoms with E-state index in [1.165, 1.54) is 35.0 Å². The van der Waals surface area contributed by atoms with Crippen LogP contribution in [0.25, 0.3) is 11.4 Å². The molecule has 0 bridgehead atoms. The van der Waals surface area contributed by atoms with Gasteiger partial charge in [-0.1, -0.05) is 24.3 Å². The Labute approximate surface area is 124 Å². The fraction of sp³-hybridized carbons (Fsp3) is 0.400. The second-order valence-electron chi connectivity index (χ2n) is 5.33. The van der Waals surface area contributed by atoms with E-state index in [0.717, 1.165) is 13.8 Å². The van der Waals surface area contributed by atoms with Gasteiger partial charge in [-0.3, -0.25) is 0 Å². The van der Waals surface area contributed by atoms with Crippen LogP contribution in [0, 0.1) is 0 Å². The highest BCUT2D eigenvalue weighted by Gasteiger charge is 2.37. The Balaban J connectivity index is 2.34. The van der Waals surface area contributed by atoms with E-state index < -0.39 is 18.0 Å². The first-order chi connectivity index (χ1) is 10.00. The number of halogens is 5. The largest absolute Gasteiger partial charge is 0.395 e. The smallest absolute Gasteiger partial charge is 0.334 e. The topological polar surface area (TPSA) is 17.8 Å². The van der Waals surface area contributed by atoms with Gasteiger partial charge in [0.05, 0.1) is 5.92 Å². The molecule has 0 N–H and O–H groups in total. The van der Waals surface area contributed by atoms with Gasteiger partial charge in [0.2, 0.25) is 0 Å². The van der Waals surface area contributed by atoms with Crippen LogP contribution in [0.2, 0.25) is 0 Å². The van der Waals surface area contributed by atoms with Crippen LogP contribution in [-0.4, -0.2) is 15.7 Å². The van der Waals surface area contributed by atoms with E-state index in [-0.39, 0.29) is 17.1 Å². The summed E-state index contributed by atoms with van der Waals surface area (Å²) in [6, 6.07) is 5.59. The molecule has 0 saturated carbocycles. The van der Waals surface area contributed by atoms with Crippen LogP contribution in [0.15, 0.2) is 30.5 Å². The van der Waals surface area contributed by atoms with Gasteiger partial charge in [-0.15, -0.1) is 0 Å². The van der Waals surface area contributed by atoms with E-state index in [2.05, 4.69) is 4.98 Å². The van der Waals surface area contributed by atoms with Gasteiger partial charge in [0, 0.05) is 25.7 Å². The quantitative estimate of drug-likeness (QED) is 0.739. The molecule has 22 heavy (non-hydrogen) atoms. The predicted molar refractivity (Wildman–Crippen MR) is 72.7 cm³/mol. The zero-order valence-corrected chi connectivity index (χ0v) is 12.2. The number of benzene rings is 1. The van der Waals surface area contributed by atoms with Gasteiger partial charge in [-0.25, -0.2) is 4.98 Å². The molecule has 0 radical (unpaired) electrons. The van der Waals surface area contributed by atoms with E-state index in [4.69, 9.17) is 0 Å². The maximum absolute atomic E-state index is 13.3. The standard InChI is InChI=1S/C15H15F5N2/c1-9(15(18,19)20)10-4-6-11(7-5-10)13-21-12(8-22(13)3)14(2,16)17/h4-9H,1-3H3. The first-order valence-electron chi connectivity index (χ1n) is 6.59. The third kappa shape index (κ3) is 3.28. The molecule has 0 amide bonds. The lowest BCUT2D eigenvalue weighted by molar-refractivity contribution is -0.146. The second kappa shape index (κ2) is 5.37. The molecule has 2 rings (SSSR count). The Morgan fingerprint density at radius 2 is 1.59 bits per heavy atom. The summed E-state index contributed by atoms with van der Waals surface area (Å²) in [7, 11) is 1.56. The molecule has 0 saturated heterocycles. The summed E-state index contributed by atoms with van der Waals surface area (Å²) in [4.78, 5) is 3.87. The third-order valence-corrected chi connectivity index (χ3v) is 3.49. The molecule has 0 aliphatic rings. The zero-order chi connectivity index (χ0) is 16.7. The van der Waals surface area contributed by atoms with E-state index in [1.807, 2.05) is 0 Å². The Bertz CT molecular complexity index is 650. The number of alkyl halides is 5. The van der Waals surface area contributed by atoms with Crippen molar-refractivity contribution in [3.05, 3.63) is 41.7 Å². The summed E-state index contributed by atoms with van der Waals surface area (Å²) in [5, 5.41) is 0. The molecule has 120 valence electrons. The number of imidazole rings is 1. The minimum atomic E-state index is -4.32. The molecule has 0 fully saturated rings. The second-order valence-corrected chi connectivity index (χ2v) is 5.33. The fourth-order valence-electron chi connectivity index (χ4n) is 2.06. The van der Waals surface area contributed by atoms with E-state index in [0.29, 0.717) is 5.56 Å². The Morgan fingerprint density at radius 1 is 1.05 bits per heavy atom. The normalized spacial score (nSPS) is 14.2. The molecule has 0 spiro atoms. The minimum Gasteiger partial charge on any atom is -0.334 e. The average Bonchev–Trinajstić information content (AvgIpc) is 2.79. The summed E-state index contributed by atoms with van der Waals surface area (Å²) < 4.78 is 65.9. The van der Waals surface area contributed by atoms with Crippen molar-refractivity contribution in [1.82, 2.24) is 9.55 Å². The summed E-state index contributed by atoms with van der Waals surface area (Å²) in [5.41, 5.74) is 0.223. The van der Waals surface area contributed by atoms with Crippen molar-refractivity contribution in [2.75, 3.05) is 0 Å². The summed E-state index contributed by atoms with van der Waals surface area (Å²) in [6.07, 6.45) is -3.11. The fourth-order valence-corrected chi connectivity index (χ4v) is 2.06. The van der Waals surface area contributed by atoms with Crippen molar-refractivity contribution in [3.63, 3.8) is 0 Å². The van der Waals surface area contributed by atoms with Crippen LogP contribution in [0.5, 0.6) is 0 Å². The minimum absolute atomic E-state index is 0.117. The van der Waals surface area contributed by atoms with E-state index in [1.54, 1.807) is 7.05 Å². The van der Waals surface area contributed by atoms with Gasteiger partial charge in [0.1, 0.15) is 11.5 Å².